The van der Waals surface area contributed by atoms with Gasteiger partial charge in [-0.05, 0) is 38.5 Å². The van der Waals surface area contributed by atoms with Crippen molar-refractivity contribution in [2.75, 3.05) is 66.1 Å². The highest BCUT2D eigenvalue weighted by Gasteiger charge is 2.34. The maximum absolute atomic E-state index is 12.8. The highest BCUT2D eigenvalue weighted by Crippen LogP contribution is 2.33. The van der Waals surface area contributed by atoms with Gasteiger partial charge in [-0.15, -0.1) is 39.5 Å². The van der Waals surface area contributed by atoms with Gasteiger partial charge in [-0.1, -0.05) is 43.0 Å². The predicted octanol–water partition coefficient (Wildman–Crippen LogP) is 7.34. The minimum Gasteiger partial charge on any atom is -0.498 e. The van der Waals surface area contributed by atoms with E-state index < -0.39 is 5.41 Å². The van der Waals surface area contributed by atoms with E-state index in [2.05, 4.69) is 46.1 Å². The second kappa shape index (κ2) is 26.0. The van der Waals surface area contributed by atoms with Crippen LogP contribution >= 0.6 is 0 Å². The number of ether oxygens (including phenoxy) is 6. The smallest absolute Gasteiger partial charge is 0.306 e. The molecule has 0 amide bonds. The molecule has 0 bridgehead atoms. The van der Waals surface area contributed by atoms with Gasteiger partial charge in [-0.2, -0.15) is 0 Å². The van der Waals surface area contributed by atoms with Gasteiger partial charge in [-0.3, -0.25) is 4.79 Å². The Balaban J connectivity index is 5.21. The third kappa shape index (κ3) is 19.4. The molecule has 0 unspecified atom stereocenters. The van der Waals surface area contributed by atoms with Crippen molar-refractivity contribution in [2.45, 2.75) is 51.4 Å². The predicted molar refractivity (Wildman–Crippen MR) is 172 cm³/mol. The maximum atomic E-state index is 12.8. The Morgan fingerprint density at radius 2 is 0.929 bits per heavy atom. The Morgan fingerprint density at radius 1 is 0.524 bits per heavy atom. The molecule has 0 radical (unpaired) electrons. The van der Waals surface area contributed by atoms with Crippen LogP contribution in [0.5, 0.6) is 0 Å². The molecule has 0 aliphatic carbocycles. The van der Waals surface area contributed by atoms with Crippen LogP contribution in [0.2, 0.25) is 0 Å². The second-order valence-corrected chi connectivity index (χ2v) is 10.6. The standard InChI is InChI=1S/C35H56O7/c1-8-14-16-20-34(21-17-15-9-2,26-37-22-10-3)30-41-32(7)18-19-33(36)42-31-35(27-38-23-11-4,28-39-24-12-5)29-40-25-13-6/h8-13H,1-7,14-31H2. The molecule has 7 nitrogen and oxygen atoms in total. The lowest BCUT2D eigenvalue weighted by atomic mass is 9.79. The number of carbonyl (C=O) groups is 1. The van der Waals surface area contributed by atoms with E-state index in [1.165, 1.54) is 0 Å². The van der Waals surface area contributed by atoms with E-state index in [0.29, 0.717) is 51.8 Å². The van der Waals surface area contributed by atoms with Gasteiger partial charge in [0.2, 0.25) is 0 Å². The summed E-state index contributed by atoms with van der Waals surface area (Å²) >= 11 is 0. The number of unbranched alkanes of at least 4 members (excludes halogenated alkanes) is 2. The molecule has 0 aliphatic rings. The van der Waals surface area contributed by atoms with E-state index >= 15 is 0 Å². The van der Waals surface area contributed by atoms with E-state index in [0.717, 1.165) is 38.5 Å². The number of carbonyl (C=O) groups excluding carboxylic acids is 1. The normalized spacial score (nSPS) is 11.3. The molecule has 238 valence electrons. The van der Waals surface area contributed by atoms with Crippen molar-refractivity contribution in [3.63, 3.8) is 0 Å². The highest BCUT2D eigenvalue weighted by atomic mass is 16.5. The van der Waals surface area contributed by atoms with Crippen LogP contribution in [0.3, 0.4) is 0 Å². The van der Waals surface area contributed by atoms with Gasteiger partial charge in [0.05, 0.1) is 77.1 Å². The van der Waals surface area contributed by atoms with Crippen molar-refractivity contribution >= 4 is 5.97 Å². The van der Waals surface area contributed by atoms with Crippen molar-refractivity contribution in [3.05, 3.63) is 88.3 Å². The summed E-state index contributed by atoms with van der Waals surface area (Å²) in [6.45, 7) is 30.1. The Labute approximate surface area is 255 Å². The summed E-state index contributed by atoms with van der Waals surface area (Å²) in [5.41, 5.74) is -0.874. The Hall–Kier alpha value is -2.71. The summed E-state index contributed by atoms with van der Waals surface area (Å²) in [4.78, 5) is 12.8. The zero-order valence-electron chi connectivity index (χ0n) is 26.0. The van der Waals surface area contributed by atoms with E-state index in [9.17, 15) is 4.79 Å². The van der Waals surface area contributed by atoms with Crippen LogP contribution in [0.25, 0.3) is 0 Å². The van der Waals surface area contributed by atoms with Gasteiger partial charge in [0.1, 0.15) is 6.61 Å². The molecular formula is C35H56O7. The van der Waals surface area contributed by atoms with Crippen molar-refractivity contribution in [2.24, 2.45) is 10.8 Å². The third-order valence-corrected chi connectivity index (χ3v) is 6.54. The highest BCUT2D eigenvalue weighted by molar-refractivity contribution is 5.69. The molecule has 0 aromatic heterocycles. The lowest BCUT2D eigenvalue weighted by Gasteiger charge is -2.34. The summed E-state index contributed by atoms with van der Waals surface area (Å²) in [6.07, 6.45) is 16.8. The van der Waals surface area contributed by atoms with Crippen LogP contribution in [-0.2, 0) is 33.2 Å². The topological polar surface area (TPSA) is 72.5 Å². The molecule has 0 fully saturated rings. The van der Waals surface area contributed by atoms with Gasteiger partial charge in [0.25, 0.3) is 0 Å². The lowest BCUT2D eigenvalue weighted by Crippen LogP contribution is -2.42. The molecule has 0 spiro atoms. The van der Waals surface area contributed by atoms with Crippen LogP contribution in [-0.4, -0.2) is 72.0 Å². The monoisotopic (exact) mass is 588 g/mol. The van der Waals surface area contributed by atoms with E-state index in [4.69, 9.17) is 28.4 Å². The molecule has 0 atom stereocenters. The minimum atomic E-state index is -0.694. The van der Waals surface area contributed by atoms with Crippen LogP contribution in [0.1, 0.15) is 51.4 Å². The van der Waals surface area contributed by atoms with Crippen LogP contribution in [0, 0.1) is 10.8 Å². The third-order valence-electron chi connectivity index (χ3n) is 6.54. The van der Waals surface area contributed by atoms with Gasteiger partial charge in [0, 0.05) is 11.8 Å². The van der Waals surface area contributed by atoms with Crippen molar-refractivity contribution in [1.82, 2.24) is 0 Å². The fourth-order valence-corrected chi connectivity index (χ4v) is 4.26. The van der Waals surface area contributed by atoms with Gasteiger partial charge >= 0.3 is 5.97 Å². The van der Waals surface area contributed by atoms with E-state index in [1.807, 2.05) is 12.2 Å². The molecule has 0 aliphatic heterocycles. The fourth-order valence-electron chi connectivity index (χ4n) is 4.26. The molecule has 0 rings (SSSR count). The van der Waals surface area contributed by atoms with Gasteiger partial charge in [-0.25, -0.2) is 0 Å². The van der Waals surface area contributed by atoms with Gasteiger partial charge in [0.15, 0.2) is 0 Å². The maximum Gasteiger partial charge on any atom is 0.306 e. The van der Waals surface area contributed by atoms with Crippen molar-refractivity contribution < 1.29 is 33.2 Å². The molecule has 7 heteroatoms. The summed E-state index contributed by atoms with van der Waals surface area (Å²) < 4.78 is 34.9. The van der Waals surface area contributed by atoms with Crippen molar-refractivity contribution in [3.8, 4) is 0 Å². The first-order chi connectivity index (χ1) is 20.4. The molecule has 0 saturated carbocycles. The first-order valence-electron chi connectivity index (χ1n) is 14.8. The first-order valence-corrected chi connectivity index (χ1v) is 14.8. The minimum absolute atomic E-state index is 0.0704. The first kappa shape index (κ1) is 39.3. The second-order valence-electron chi connectivity index (χ2n) is 10.6. The fraction of sp³-hybridized carbons (Fsp3) is 0.571. The van der Waals surface area contributed by atoms with Gasteiger partial charge < -0.3 is 28.4 Å². The molecule has 42 heavy (non-hydrogen) atoms. The van der Waals surface area contributed by atoms with Crippen molar-refractivity contribution in [1.29, 1.82) is 0 Å². The number of hydrogen-bond donors (Lipinski definition) is 0. The molecule has 0 N–H and O–H groups in total. The quantitative estimate of drug-likeness (QED) is 0.0352. The number of esters is 1. The average Bonchev–Trinajstić information content (AvgIpc) is 2.98. The summed E-state index contributed by atoms with van der Waals surface area (Å²) in [7, 11) is 0. The molecule has 0 aromatic carbocycles. The largest absolute Gasteiger partial charge is 0.498 e. The summed E-state index contributed by atoms with van der Waals surface area (Å²) in [5.74, 6) is 0.175. The van der Waals surface area contributed by atoms with Crippen LogP contribution < -0.4 is 0 Å². The molecule has 0 saturated heterocycles. The Kier molecular flexibility index (Phi) is 24.3. The summed E-state index contributed by atoms with van der Waals surface area (Å²) in [6, 6.07) is 0. The average molecular weight is 589 g/mol. The molecular weight excluding hydrogens is 532 g/mol. The van der Waals surface area contributed by atoms with E-state index in [-0.39, 0.29) is 44.2 Å². The Bertz CT molecular complexity index is 663. The molecule has 0 heterocycles. The Morgan fingerprint density at radius 3 is 1.33 bits per heavy atom. The zero-order chi connectivity index (χ0) is 31.4. The number of rotatable bonds is 32. The zero-order valence-corrected chi connectivity index (χ0v) is 26.0. The van der Waals surface area contributed by atoms with Crippen LogP contribution in [0.15, 0.2) is 88.3 Å². The lowest BCUT2D eigenvalue weighted by molar-refractivity contribution is -0.155. The molecule has 0 aromatic rings. The number of allylic oxidation sites excluding steroid dienone is 3. The van der Waals surface area contributed by atoms with E-state index in [1.54, 1.807) is 24.3 Å². The summed E-state index contributed by atoms with van der Waals surface area (Å²) in [5, 5.41) is 0. The SMILES string of the molecule is C=CCCCC(CCCC=C)(COCC=C)COC(=C)CCC(=O)OCC(COCC=C)(COCC=C)COCC=C. The number of hydrogen-bond acceptors (Lipinski definition) is 7. The van der Waals surface area contributed by atoms with Crippen LogP contribution in [0.4, 0.5) is 0 Å².